The van der Waals surface area contributed by atoms with E-state index in [1.807, 2.05) is 6.92 Å². The summed E-state index contributed by atoms with van der Waals surface area (Å²) in [5.74, 6) is 0.203. The van der Waals surface area contributed by atoms with Crippen molar-refractivity contribution in [2.24, 2.45) is 5.92 Å². The van der Waals surface area contributed by atoms with Crippen LogP contribution in [0.2, 0.25) is 0 Å². The van der Waals surface area contributed by atoms with Crippen molar-refractivity contribution in [3.05, 3.63) is 35.6 Å². The Morgan fingerprint density at radius 3 is 2.50 bits per heavy atom. The Balaban J connectivity index is 2.40. The third-order valence-electron chi connectivity index (χ3n) is 2.89. The highest BCUT2D eigenvalue weighted by atomic mass is 19.1. The Morgan fingerprint density at radius 1 is 1.22 bits per heavy atom. The molecule has 0 saturated heterocycles. The van der Waals surface area contributed by atoms with Gasteiger partial charge in [0, 0.05) is 6.04 Å². The van der Waals surface area contributed by atoms with E-state index in [1.54, 1.807) is 18.2 Å². The summed E-state index contributed by atoms with van der Waals surface area (Å²) in [5, 5.41) is 2.91. The predicted molar refractivity (Wildman–Crippen MR) is 71.8 cm³/mol. The monoisotopic (exact) mass is 251 g/mol. The molecule has 100 valence electrons. The second kappa shape index (κ2) is 7.14. The smallest absolute Gasteiger partial charge is 0.224 e. The lowest BCUT2D eigenvalue weighted by atomic mass is 10.0. The van der Waals surface area contributed by atoms with Crippen LogP contribution in [0.25, 0.3) is 0 Å². The van der Waals surface area contributed by atoms with Gasteiger partial charge in [-0.15, -0.1) is 0 Å². The number of carbonyl (C=O) groups is 1. The van der Waals surface area contributed by atoms with Gasteiger partial charge in [-0.3, -0.25) is 4.79 Å². The maximum absolute atomic E-state index is 13.4. The molecule has 0 aliphatic rings. The Kier molecular flexibility index (Phi) is 5.83. The topological polar surface area (TPSA) is 29.1 Å². The van der Waals surface area contributed by atoms with Crippen LogP contribution in [0.5, 0.6) is 0 Å². The van der Waals surface area contributed by atoms with E-state index in [1.165, 1.54) is 6.07 Å². The number of halogens is 1. The third kappa shape index (κ3) is 5.30. The van der Waals surface area contributed by atoms with E-state index in [2.05, 4.69) is 19.2 Å². The molecular formula is C15H22FNO. The molecule has 0 aliphatic heterocycles. The quantitative estimate of drug-likeness (QED) is 0.825. The van der Waals surface area contributed by atoms with Crippen LogP contribution in [0.15, 0.2) is 24.3 Å². The second-order valence-electron chi connectivity index (χ2n) is 5.21. The molecule has 1 amide bonds. The summed E-state index contributed by atoms with van der Waals surface area (Å²) in [6, 6.07) is 6.54. The van der Waals surface area contributed by atoms with E-state index in [0.29, 0.717) is 11.5 Å². The number of rotatable bonds is 6. The van der Waals surface area contributed by atoms with Crippen molar-refractivity contribution >= 4 is 5.91 Å². The Hall–Kier alpha value is -1.38. The molecule has 0 fully saturated rings. The summed E-state index contributed by atoms with van der Waals surface area (Å²) in [5.41, 5.74) is 0.450. The zero-order valence-corrected chi connectivity index (χ0v) is 11.4. The minimum atomic E-state index is -0.317. The zero-order valence-electron chi connectivity index (χ0n) is 11.4. The SMILES string of the molecule is CC(C)CCC(C)NC(=O)Cc1ccccc1F. The van der Waals surface area contributed by atoms with Gasteiger partial charge in [0.15, 0.2) is 0 Å². The number of amides is 1. The first-order chi connectivity index (χ1) is 8.49. The molecule has 2 nitrogen and oxygen atoms in total. The first-order valence-corrected chi connectivity index (χ1v) is 6.51. The van der Waals surface area contributed by atoms with E-state index >= 15 is 0 Å². The predicted octanol–water partition coefficient (Wildman–Crippen LogP) is 3.31. The molecule has 0 radical (unpaired) electrons. The lowest BCUT2D eigenvalue weighted by Crippen LogP contribution is -2.34. The van der Waals surface area contributed by atoms with E-state index < -0.39 is 0 Å². The highest BCUT2D eigenvalue weighted by Crippen LogP contribution is 2.09. The molecule has 1 atom stereocenters. The van der Waals surface area contributed by atoms with Crippen LogP contribution in [0.3, 0.4) is 0 Å². The highest BCUT2D eigenvalue weighted by Gasteiger charge is 2.10. The van der Waals surface area contributed by atoms with Crippen molar-refractivity contribution in [2.45, 2.75) is 46.1 Å². The fourth-order valence-electron chi connectivity index (χ4n) is 1.80. The van der Waals surface area contributed by atoms with Crippen LogP contribution in [0, 0.1) is 11.7 Å². The molecule has 0 saturated carbocycles. The van der Waals surface area contributed by atoms with Crippen molar-refractivity contribution in [1.29, 1.82) is 0 Å². The molecule has 0 aromatic heterocycles. The van der Waals surface area contributed by atoms with E-state index in [0.717, 1.165) is 12.8 Å². The Labute approximate surface area is 109 Å². The van der Waals surface area contributed by atoms with E-state index in [-0.39, 0.29) is 24.2 Å². The van der Waals surface area contributed by atoms with Gasteiger partial charge in [-0.1, -0.05) is 32.0 Å². The van der Waals surface area contributed by atoms with Crippen molar-refractivity contribution in [1.82, 2.24) is 5.32 Å². The zero-order chi connectivity index (χ0) is 13.5. The average Bonchev–Trinajstić information content (AvgIpc) is 2.29. The summed E-state index contributed by atoms with van der Waals surface area (Å²) >= 11 is 0. The molecule has 1 unspecified atom stereocenters. The van der Waals surface area contributed by atoms with E-state index in [9.17, 15) is 9.18 Å². The molecule has 0 bridgehead atoms. The molecule has 3 heteroatoms. The lowest BCUT2D eigenvalue weighted by Gasteiger charge is -2.15. The van der Waals surface area contributed by atoms with Gasteiger partial charge >= 0.3 is 0 Å². The molecule has 18 heavy (non-hydrogen) atoms. The Morgan fingerprint density at radius 2 is 1.89 bits per heavy atom. The first kappa shape index (κ1) is 14.7. The van der Waals surface area contributed by atoms with Crippen molar-refractivity contribution in [3.63, 3.8) is 0 Å². The number of hydrogen-bond acceptors (Lipinski definition) is 1. The minimum absolute atomic E-state index is 0.110. The first-order valence-electron chi connectivity index (χ1n) is 6.51. The molecule has 0 heterocycles. The molecule has 1 N–H and O–H groups in total. The largest absolute Gasteiger partial charge is 0.353 e. The third-order valence-corrected chi connectivity index (χ3v) is 2.89. The molecule has 1 rings (SSSR count). The molecular weight excluding hydrogens is 229 g/mol. The van der Waals surface area contributed by atoms with Crippen molar-refractivity contribution in [3.8, 4) is 0 Å². The fraction of sp³-hybridized carbons (Fsp3) is 0.533. The second-order valence-corrected chi connectivity index (χ2v) is 5.21. The van der Waals surface area contributed by atoms with Gasteiger partial charge in [0.2, 0.25) is 5.91 Å². The number of benzene rings is 1. The molecule has 1 aromatic carbocycles. The Bertz CT molecular complexity index is 390. The molecule has 0 aliphatic carbocycles. The number of nitrogens with one attached hydrogen (secondary N) is 1. The summed E-state index contributed by atoms with van der Waals surface area (Å²) in [6.45, 7) is 6.31. The van der Waals surface area contributed by atoms with Gasteiger partial charge in [0.1, 0.15) is 5.82 Å². The van der Waals surface area contributed by atoms with Crippen LogP contribution in [-0.4, -0.2) is 11.9 Å². The summed E-state index contributed by atoms with van der Waals surface area (Å²) in [7, 11) is 0. The van der Waals surface area contributed by atoms with Gasteiger partial charge < -0.3 is 5.32 Å². The minimum Gasteiger partial charge on any atom is -0.353 e. The van der Waals surface area contributed by atoms with Gasteiger partial charge in [-0.25, -0.2) is 4.39 Å². The summed E-state index contributed by atoms with van der Waals surface area (Å²) in [4.78, 5) is 11.7. The van der Waals surface area contributed by atoms with Crippen LogP contribution in [0.4, 0.5) is 4.39 Å². The molecule has 1 aromatic rings. The van der Waals surface area contributed by atoms with Crippen molar-refractivity contribution < 1.29 is 9.18 Å². The van der Waals surface area contributed by atoms with E-state index in [4.69, 9.17) is 0 Å². The molecule has 0 spiro atoms. The van der Waals surface area contributed by atoms with Gasteiger partial charge in [0.25, 0.3) is 0 Å². The summed E-state index contributed by atoms with van der Waals surface area (Å²) < 4.78 is 13.4. The van der Waals surface area contributed by atoms with Crippen LogP contribution < -0.4 is 5.32 Å². The average molecular weight is 251 g/mol. The number of hydrogen-bond donors (Lipinski definition) is 1. The normalized spacial score (nSPS) is 12.5. The van der Waals surface area contributed by atoms with Gasteiger partial charge in [-0.05, 0) is 37.3 Å². The highest BCUT2D eigenvalue weighted by molar-refractivity contribution is 5.78. The maximum atomic E-state index is 13.4. The van der Waals surface area contributed by atoms with Gasteiger partial charge in [-0.2, -0.15) is 0 Å². The van der Waals surface area contributed by atoms with Crippen LogP contribution in [-0.2, 0) is 11.2 Å². The van der Waals surface area contributed by atoms with Crippen molar-refractivity contribution in [2.75, 3.05) is 0 Å². The van der Waals surface area contributed by atoms with Gasteiger partial charge in [0.05, 0.1) is 6.42 Å². The standard InChI is InChI=1S/C15H22FNO/c1-11(2)8-9-12(3)17-15(18)10-13-6-4-5-7-14(13)16/h4-7,11-12H,8-10H2,1-3H3,(H,17,18). The number of carbonyl (C=O) groups excluding carboxylic acids is 1. The van der Waals surface area contributed by atoms with Crippen LogP contribution >= 0.6 is 0 Å². The maximum Gasteiger partial charge on any atom is 0.224 e. The fourth-order valence-corrected chi connectivity index (χ4v) is 1.80. The summed E-state index contributed by atoms with van der Waals surface area (Å²) in [6.07, 6.45) is 2.15. The van der Waals surface area contributed by atoms with Crippen LogP contribution in [0.1, 0.15) is 39.2 Å². The lowest BCUT2D eigenvalue weighted by molar-refractivity contribution is -0.121.